The van der Waals surface area contributed by atoms with Crippen LogP contribution in [0.15, 0.2) is 83.8 Å². The molecule has 0 unspecified atom stereocenters. The Hall–Kier alpha value is -2.92. The van der Waals surface area contributed by atoms with Crippen LogP contribution in [-0.2, 0) is 26.2 Å². The number of carbonyl (C=O) groups excluding carboxylic acids is 2. The molecule has 9 heteroatoms. The van der Waals surface area contributed by atoms with Crippen molar-refractivity contribution < 1.29 is 18.0 Å². The number of sulfonamides is 1. The van der Waals surface area contributed by atoms with Crippen LogP contribution in [0.2, 0.25) is 0 Å². The van der Waals surface area contributed by atoms with Crippen LogP contribution in [-0.4, -0.2) is 44.3 Å². The van der Waals surface area contributed by atoms with Crippen LogP contribution in [0.25, 0.3) is 0 Å². The van der Waals surface area contributed by atoms with Crippen LogP contribution in [0, 0.1) is 10.5 Å². The maximum Gasteiger partial charge on any atom is 0.264 e. The first-order valence-corrected chi connectivity index (χ1v) is 15.7. The minimum atomic E-state index is -4.06. The molecule has 0 aliphatic rings. The van der Waals surface area contributed by atoms with E-state index in [0.717, 1.165) is 31.8 Å². The van der Waals surface area contributed by atoms with Gasteiger partial charge < -0.3 is 10.2 Å². The zero-order valence-corrected chi connectivity index (χ0v) is 25.6. The third-order valence-corrected chi connectivity index (χ3v) is 9.05. The van der Waals surface area contributed by atoms with Gasteiger partial charge in [-0.3, -0.25) is 13.9 Å². The van der Waals surface area contributed by atoms with E-state index in [9.17, 15) is 18.0 Å². The fraction of sp³-hybridized carbons (Fsp3) is 0.333. The Morgan fingerprint density at radius 3 is 2.18 bits per heavy atom. The van der Waals surface area contributed by atoms with Crippen molar-refractivity contribution in [3.8, 4) is 0 Å². The van der Waals surface area contributed by atoms with E-state index in [2.05, 4.69) is 27.9 Å². The Morgan fingerprint density at radius 1 is 0.923 bits per heavy atom. The Balaban J connectivity index is 2.02. The maximum atomic E-state index is 14.1. The number of hydrogen-bond acceptors (Lipinski definition) is 4. The molecule has 0 spiro atoms. The van der Waals surface area contributed by atoms with E-state index < -0.39 is 28.5 Å². The molecule has 1 N–H and O–H groups in total. The number of benzene rings is 3. The summed E-state index contributed by atoms with van der Waals surface area (Å²) in [6, 6.07) is 22.0. The Labute approximate surface area is 245 Å². The fourth-order valence-corrected chi connectivity index (χ4v) is 6.05. The molecule has 0 aliphatic heterocycles. The number of unbranched alkanes of at least 4 members (excludes halogenated alkanes) is 1. The minimum absolute atomic E-state index is 0.0890. The molecule has 3 aromatic carbocycles. The number of carbonyl (C=O) groups is 2. The van der Waals surface area contributed by atoms with Gasteiger partial charge in [-0.05, 0) is 89.9 Å². The molecule has 0 aromatic heterocycles. The van der Waals surface area contributed by atoms with Gasteiger partial charge in [0.2, 0.25) is 11.8 Å². The largest absolute Gasteiger partial charge is 0.354 e. The van der Waals surface area contributed by atoms with Gasteiger partial charge in [-0.2, -0.15) is 0 Å². The SMILES string of the molecule is CCCCNC(=O)[C@H](CC)N(Cc1ccccc1C)C(=O)CN(c1ccc(I)cc1)S(=O)(=O)c1ccccc1. The van der Waals surface area contributed by atoms with E-state index in [4.69, 9.17) is 0 Å². The average molecular weight is 662 g/mol. The molecular formula is C30H36IN3O4S. The summed E-state index contributed by atoms with van der Waals surface area (Å²) >= 11 is 2.15. The minimum Gasteiger partial charge on any atom is -0.354 e. The molecular weight excluding hydrogens is 625 g/mol. The number of aryl methyl sites for hydroxylation is 1. The van der Waals surface area contributed by atoms with Crippen molar-refractivity contribution in [2.24, 2.45) is 0 Å². The van der Waals surface area contributed by atoms with Gasteiger partial charge in [0.1, 0.15) is 12.6 Å². The lowest BCUT2D eigenvalue weighted by atomic mass is 10.1. The lowest BCUT2D eigenvalue weighted by Gasteiger charge is -2.33. The smallest absolute Gasteiger partial charge is 0.264 e. The van der Waals surface area contributed by atoms with E-state index in [-0.39, 0.29) is 17.3 Å². The van der Waals surface area contributed by atoms with Crippen molar-refractivity contribution in [1.82, 2.24) is 10.2 Å². The van der Waals surface area contributed by atoms with Gasteiger partial charge in [-0.15, -0.1) is 0 Å². The van der Waals surface area contributed by atoms with Gasteiger partial charge in [0.25, 0.3) is 10.0 Å². The Bertz CT molecular complexity index is 1350. The third kappa shape index (κ3) is 8.04. The molecule has 1 atom stereocenters. The molecule has 0 bridgehead atoms. The lowest BCUT2D eigenvalue weighted by Crippen LogP contribution is -2.52. The van der Waals surface area contributed by atoms with Crippen molar-refractivity contribution in [3.63, 3.8) is 0 Å². The monoisotopic (exact) mass is 661 g/mol. The molecule has 2 amide bonds. The van der Waals surface area contributed by atoms with Crippen molar-refractivity contribution in [3.05, 3.63) is 93.6 Å². The predicted molar refractivity (Wildman–Crippen MR) is 164 cm³/mol. The topological polar surface area (TPSA) is 86.8 Å². The standard InChI is InChI=1S/C30H36IN3O4S/c1-4-6-20-32-30(36)28(5-2)33(21-24-13-11-10-12-23(24)3)29(35)22-34(26-18-16-25(31)17-19-26)39(37,38)27-14-8-7-9-15-27/h7-19,28H,4-6,20-22H2,1-3H3,(H,32,36)/t28-/m0/s1. The molecule has 0 radical (unpaired) electrons. The Morgan fingerprint density at radius 2 is 1.56 bits per heavy atom. The summed E-state index contributed by atoms with van der Waals surface area (Å²) in [5.74, 6) is -0.687. The van der Waals surface area contributed by atoms with E-state index >= 15 is 0 Å². The summed E-state index contributed by atoms with van der Waals surface area (Å²) in [6.45, 7) is 6.14. The summed E-state index contributed by atoms with van der Waals surface area (Å²) in [6.07, 6.45) is 2.17. The highest BCUT2D eigenvalue weighted by atomic mass is 127. The highest BCUT2D eigenvalue weighted by Gasteiger charge is 2.33. The van der Waals surface area contributed by atoms with Crippen LogP contribution in [0.3, 0.4) is 0 Å². The predicted octanol–water partition coefficient (Wildman–Crippen LogP) is 5.52. The fourth-order valence-electron chi connectivity index (χ4n) is 4.25. The van der Waals surface area contributed by atoms with Gasteiger partial charge in [0.15, 0.2) is 0 Å². The van der Waals surface area contributed by atoms with E-state index in [0.29, 0.717) is 18.7 Å². The van der Waals surface area contributed by atoms with E-state index in [1.54, 1.807) is 42.5 Å². The summed E-state index contributed by atoms with van der Waals surface area (Å²) < 4.78 is 29.7. The molecule has 0 fully saturated rings. The average Bonchev–Trinajstić information content (AvgIpc) is 2.93. The number of anilines is 1. The van der Waals surface area contributed by atoms with Gasteiger partial charge in [0.05, 0.1) is 10.6 Å². The van der Waals surface area contributed by atoms with Gasteiger partial charge in [-0.25, -0.2) is 8.42 Å². The lowest BCUT2D eigenvalue weighted by molar-refractivity contribution is -0.140. The number of amides is 2. The molecule has 3 rings (SSSR count). The normalized spacial score (nSPS) is 12.0. The summed E-state index contributed by atoms with van der Waals surface area (Å²) in [5.41, 5.74) is 2.27. The summed E-state index contributed by atoms with van der Waals surface area (Å²) in [5, 5.41) is 2.95. The van der Waals surface area contributed by atoms with E-state index in [1.807, 2.05) is 45.0 Å². The number of nitrogens with zero attached hydrogens (tertiary/aromatic N) is 2. The highest BCUT2D eigenvalue weighted by molar-refractivity contribution is 14.1. The first-order chi connectivity index (χ1) is 18.7. The van der Waals surface area contributed by atoms with E-state index in [1.165, 1.54) is 17.0 Å². The molecule has 0 saturated heterocycles. The zero-order chi connectivity index (χ0) is 28.4. The number of nitrogens with one attached hydrogen (secondary N) is 1. The molecule has 208 valence electrons. The van der Waals surface area contributed by atoms with Gasteiger partial charge >= 0.3 is 0 Å². The number of rotatable bonds is 13. The molecule has 0 saturated carbocycles. The van der Waals surface area contributed by atoms with Gasteiger partial charge in [-0.1, -0.05) is 62.7 Å². The number of hydrogen-bond donors (Lipinski definition) is 1. The first kappa shape index (κ1) is 30.6. The van der Waals surface area contributed by atoms with Crippen molar-refractivity contribution in [2.45, 2.75) is 57.5 Å². The van der Waals surface area contributed by atoms with Crippen LogP contribution in [0.5, 0.6) is 0 Å². The summed E-state index contributed by atoms with van der Waals surface area (Å²) in [7, 11) is -4.06. The second-order valence-corrected chi connectivity index (χ2v) is 12.4. The maximum absolute atomic E-state index is 14.1. The number of halogens is 1. The molecule has 39 heavy (non-hydrogen) atoms. The van der Waals surface area contributed by atoms with Crippen LogP contribution in [0.4, 0.5) is 5.69 Å². The second-order valence-electron chi connectivity index (χ2n) is 9.32. The van der Waals surface area contributed by atoms with Gasteiger partial charge in [0, 0.05) is 16.7 Å². The Kier molecular flexibility index (Phi) is 11.4. The summed E-state index contributed by atoms with van der Waals surface area (Å²) in [4.78, 5) is 28.9. The van der Waals surface area contributed by atoms with Crippen molar-refractivity contribution in [2.75, 3.05) is 17.4 Å². The van der Waals surface area contributed by atoms with Crippen molar-refractivity contribution in [1.29, 1.82) is 0 Å². The molecule has 7 nitrogen and oxygen atoms in total. The van der Waals surface area contributed by atoms with Crippen molar-refractivity contribution >= 4 is 50.1 Å². The zero-order valence-electron chi connectivity index (χ0n) is 22.6. The molecule has 3 aromatic rings. The molecule has 0 aliphatic carbocycles. The third-order valence-electron chi connectivity index (χ3n) is 6.54. The molecule has 0 heterocycles. The van der Waals surface area contributed by atoms with Crippen LogP contribution in [0.1, 0.15) is 44.2 Å². The van der Waals surface area contributed by atoms with Crippen LogP contribution >= 0.6 is 22.6 Å². The highest BCUT2D eigenvalue weighted by Crippen LogP contribution is 2.26. The van der Waals surface area contributed by atoms with Crippen LogP contribution < -0.4 is 9.62 Å². The second kappa shape index (κ2) is 14.5. The first-order valence-electron chi connectivity index (χ1n) is 13.1. The quantitative estimate of drug-likeness (QED) is 0.193.